The van der Waals surface area contributed by atoms with Crippen molar-refractivity contribution in [1.82, 2.24) is 4.57 Å². The van der Waals surface area contributed by atoms with Crippen LogP contribution in [0.25, 0.3) is 11.1 Å². The normalized spacial score (nSPS) is 12.3. The molecule has 0 spiro atoms. The number of hydrogen-bond donors (Lipinski definition) is 0. The van der Waals surface area contributed by atoms with Gasteiger partial charge in [-0.25, -0.2) is 0 Å². The van der Waals surface area contributed by atoms with Crippen LogP contribution in [-0.4, -0.2) is 15.0 Å². The van der Waals surface area contributed by atoms with Crippen LogP contribution in [0, 0.1) is 0 Å². The van der Waals surface area contributed by atoms with Gasteiger partial charge in [0.05, 0.1) is 0 Å². The van der Waals surface area contributed by atoms with Crippen molar-refractivity contribution >= 4 is 10.8 Å². The van der Waals surface area contributed by atoms with E-state index in [1.165, 1.54) is 5.56 Å². The molecule has 0 bridgehead atoms. The van der Waals surface area contributed by atoms with Crippen LogP contribution >= 0.6 is 0 Å². The summed E-state index contributed by atoms with van der Waals surface area (Å²) in [4.78, 5) is 12.4. The Labute approximate surface area is 128 Å². The van der Waals surface area contributed by atoms with Crippen LogP contribution in [0.4, 0.5) is 0 Å². The third-order valence-corrected chi connectivity index (χ3v) is 4.53. The molecule has 112 valence electrons. The first-order valence-electron chi connectivity index (χ1n) is 7.16. The maximum absolute atomic E-state index is 11.7. The highest BCUT2D eigenvalue weighted by molar-refractivity contribution is 7.84. The Morgan fingerprint density at radius 1 is 1.19 bits per heavy atom. The van der Waals surface area contributed by atoms with Crippen molar-refractivity contribution in [2.45, 2.75) is 31.1 Å². The molecule has 0 radical (unpaired) electrons. The van der Waals surface area contributed by atoms with E-state index in [-0.39, 0.29) is 5.56 Å². The van der Waals surface area contributed by atoms with Crippen molar-refractivity contribution in [2.75, 3.05) is 6.26 Å². The van der Waals surface area contributed by atoms with Crippen LogP contribution in [0.2, 0.25) is 0 Å². The first kappa shape index (κ1) is 15.7. The molecule has 1 aromatic carbocycles. The van der Waals surface area contributed by atoms with E-state index in [0.29, 0.717) is 0 Å². The van der Waals surface area contributed by atoms with Gasteiger partial charge in [0.1, 0.15) is 0 Å². The van der Waals surface area contributed by atoms with Gasteiger partial charge in [0.25, 0.3) is 0 Å². The molecule has 2 rings (SSSR count). The molecule has 1 heterocycles. The summed E-state index contributed by atoms with van der Waals surface area (Å²) in [6, 6.07) is 9.41. The molecule has 0 aliphatic rings. The smallest absolute Gasteiger partial charge is 0.250 e. The van der Waals surface area contributed by atoms with Crippen LogP contribution in [-0.2, 0) is 24.3 Å². The predicted molar refractivity (Wildman–Crippen MR) is 88.1 cm³/mol. The first-order chi connectivity index (χ1) is 10.0. The zero-order valence-electron chi connectivity index (χ0n) is 12.8. The van der Waals surface area contributed by atoms with Crippen molar-refractivity contribution in [3.63, 3.8) is 0 Å². The minimum absolute atomic E-state index is 0.0240. The molecule has 0 fully saturated rings. The second-order valence-electron chi connectivity index (χ2n) is 5.24. The minimum atomic E-state index is -1.01. The molecular weight excluding hydrogens is 282 g/mol. The van der Waals surface area contributed by atoms with Gasteiger partial charge in [-0.3, -0.25) is 9.00 Å². The average molecular weight is 303 g/mol. The number of rotatable bonds is 5. The number of aryl methyl sites for hydroxylation is 2. The lowest BCUT2D eigenvalue weighted by Gasteiger charge is -2.12. The Hall–Kier alpha value is -1.68. The summed E-state index contributed by atoms with van der Waals surface area (Å²) in [6.45, 7) is 2.17. The minimum Gasteiger partial charge on any atom is -0.318 e. The Morgan fingerprint density at radius 2 is 1.95 bits per heavy atom. The SMILES string of the molecule is CCCCc1ccc(S(C)=O)cc1-c1ccc(=O)n(C)c1. The highest BCUT2D eigenvalue weighted by atomic mass is 32.2. The summed E-state index contributed by atoms with van der Waals surface area (Å²) in [6.07, 6.45) is 6.77. The van der Waals surface area contributed by atoms with E-state index in [0.717, 1.165) is 35.3 Å². The number of aromatic nitrogens is 1. The highest BCUT2D eigenvalue weighted by Crippen LogP contribution is 2.26. The number of benzene rings is 1. The highest BCUT2D eigenvalue weighted by Gasteiger charge is 2.09. The third kappa shape index (κ3) is 3.70. The van der Waals surface area contributed by atoms with Gasteiger partial charge in [0, 0.05) is 41.3 Å². The monoisotopic (exact) mass is 303 g/mol. The lowest BCUT2D eigenvalue weighted by atomic mass is 9.97. The van der Waals surface area contributed by atoms with E-state index in [2.05, 4.69) is 13.0 Å². The van der Waals surface area contributed by atoms with E-state index < -0.39 is 10.8 Å². The van der Waals surface area contributed by atoms with E-state index in [4.69, 9.17) is 0 Å². The molecule has 0 aliphatic heterocycles. The zero-order valence-corrected chi connectivity index (χ0v) is 13.6. The van der Waals surface area contributed by atoms with Crippen molar-refractivity contribution in [2.24, 2.45) is 7.05 Å². The Kier molecular flexibility index (Phi) is 5.12. The fourth-order valence-electron chi connectivity index (χ4n) is 2.34. The largest absolute Gasteiger partial charge is 0.318 e. The molecule has 0 saturated heterocycles. The van der Waals surface area contributed by atoms with Crippen molar-refractivity contribution < 1.29 is 4.21 Å². The third-order valence-electron chi connectivity index (χ3n) is 3.61. The second-order valence-corrected chi connectivity index (χ2v) is 6.62. The van der Waals surface area contributed by atoms with Crippen LogP contribution in [0.15, 0.2) is 46.2 Å². The van der Waals surface area contributed by atoms with Crippen LogP contribution < -0.4 is 5.56 Å². The summed E-state index contributed by atoms with van der Waals surface area (Å²) < 4.78 is 13.3. The standard InChI is InChI=1S/C17H21NO2S/c1-4-5-6-13-7-9-15(21(3)20)11-16(13)14-8-10-17(19)18(2)12-14/h7-12H,4-6H2,1-3H3. The maximum Gasteiger partial charge on any atom is 0.250 e. The molecule has 0 saturated carbocycles. The molecule has 0 amide bonds. The molecule has 0 aliphatic carbocycles. The van der Waals surface area contributed by atoms with Crippen molar-refractivity contribution in [3.8, 4) is 11.1 Å². The average Bonchev–Trinajstić information content (AvgIpc) is 2.47. The Bertz CT molecular complexity index is 719. The quantitative estimate of drug-likeness (QED) is 0.851. The lowest BCUT2D eigenvalue weighted by Crippen LogP contribution is -2.14. The van der Waals surface area contributed by atoms with Crippen molar-refractivity contribution in [3.05, 3.63) is 52.4 Å². The molecule has 1 unspecified atom stereocenters. The molecule has 1 aromatic heterocycles. The van der Waals surface area contributed by atoms with Gasteiger partial charge in [-0.05, 0) is 47.7 Å². The fourth-order valence-corrected chi connectivity index (χ4v) is 2.89. The summed E-state index contributed by atoms with van der Waals surface area (Å²) in [5.41, 5.74) is 3.29. The van der Waals surface area contributed by atoms with Gasteiger partial charge in [0.2, 0.25) is 5.56 Å². The van der Waals surface area contributed by atoms with Crippen LogP contribution in [0.1, 0.15) is 25.3 Å². The van der Waals surface area contributed by atoms with Crippen LogP contribution in [0.3, 0.4) is 0 Å². The lowest BCUT2D eigenvalue weighted by molar-refractivity contribution is 0.686. The van der Waals surface area contributed by atoms with E-state index in [9.17, 15) is 9.00 Å². The molecular formula is C17H21NO2S. The van der Waals surface area contributed by atoms with Gasteiger partial charge >= 0.3 is 0 Å². The van der Waals surface area contributed by atoms with Crippen molar-refractivity contribution in [1.29, 1.82) is 0 Å². The summed E-state index contributed by atoms with van der Waals surface area (Å²) in [5, 5.41) is 0. The molecule has 3 nitrogen and oxygen atoms in total. The predicted octanol–water partition coefficient (Wildman–Crippen LogP) is 3.13. The van der Waals surface area contributed by atoms with E-state index in [1.54, 1.807) is 23.9 Å². The number of pyridine rings is 1. The second kappa shape index (κ2) is 6.85. The number of hydrogen-bond acceptors (Lipinski definition) is 2. The molecule has 1 atom stereocenters. The topological polar surface area (TPSA) is 39.1 Å². The zero-order chi connectivity index (χ0) is 15.4. The van der Waals surface area contributed by atoms with Crippen LogP contribution in [0.5, 0.6) is 0 Å². The van der Waals surface area contributed by atoms with Gasteiger partial charge in [-0.1, -0.05) is 19.4 Å². The van der Waals surface area contributed by atoms with E-state index >= 15 is 0 Å². The summed E-state index contributed by atoms with van der Waals surface area (Å²) in [5.74, 6) is 0. The Morgan fingerprint density at radius 3 is 2.57 bits per heavy atom. The Balaban J connectivity index is 2.55. The number of nitrogens with zero attached hydrogens (tertiary/aromatic N) is 1. The maximum atomic E-state index is 11.7. The molecule has 4 heteroatoms. The van der Waals surface area contributed by atoms with Gasteiger partial charge in [0.15, 0.2) is 0 Å². The first-order valence-corrected chi connectivity index (χ1v) is 8.72. The van der Waals surface area contributed by atoms with Gasteiger partial charge < -0.3 is 4.57 Å². The summed E-state index contributed by atoms with van der Waals surface area (Å²) >= 11 is 0. The number of unbranched alkanes of at least 4 members (excludes halogenated alkanes) is 1. The fraction of sp³-hybridized carbons (Fsp3) is 0.353. The molecule has 21 heavy (non-hydrogen) atoms. The van der Waals surface area contributed by atoms with Gasteiger partial charge in [-0.2, -0.15) is 0 Å². The summed E-state index contributed by atoms with van der Waals surface area (Å²) in [7, 11) is 0.744. The molecule has 2 aromatic rings. The van der Waals surface area contributed by atoms with E-state index in [1.807, 2.05) is 24.4 Å². The van der Waals surface area contributed by atoms with Gasteiger partial charge in [-0.15, -0.1) is 0 Å². The molecule has 0 N–H and O–H groups in total.